The van der Waals surface area contributed by atoms with Gasteiger partial charge in [0.05, 0.1) is 0 Å². The van der Waals surface area contributed by atoms with E-state index < -0.39 is 0 Å². The number of hydrogen-bond acceptors (Lipinski definition) is 4. The predicted octanol–water partition coefficient (Wildman–Crippen LogP) is 7.47. The molecule has 2 aliphatic rings. The maximum atomic E-state index is 5.16. The molecular weight excluding hydrogens is 646 g/mol. The summed E-state index contributed by atoms with van der Waals surface area (Å²) in [6.07, 6.45) is 0. The molecule has 0 atom stereocenters. The first-order valence-corrected chi connectivity index (χ1v) is 17.6. The first-order valence-electron chi connectivity index (χ1n) is 13.9. The van der Waals surface area contributed by atoms with Crippen molar-refractivity contribution in [2.24, 2.45) is 0 Å². The van der Waals surface area contributed by atoms with Gasteiger partial charge in [-0.25, -0.2) is 0 Å². The number of rotatable bonds is 3. The number of para-hydroxylation sites is 2. The molecule has 4 heterocycles. The van der Waals surface area contributed by atoms with E-state index in [4.69, 9.17) is 15.0 Å². The van der Waals surface area contributed by atoms with Crippen molar-refractivity contribution in [2.45, 2.75) is 5.41 Å². The molecule has 0 bridgehead atoms. The summed E-state index contributed by atoms with van der Waals surface area (Å²) in [7, 11) is 0. The molecule has 6 heteroatoms. The van der Waals surface area contributed by atoms with Crippen LogP contribution in [-0.4, -0.2) is 44.0 Å². The Kier molecular flexibility index (Phi) is 5.41. The summed E-state index contributed by atoms with van der Waals surface area (Å²) in [5.74, 6) is 1.94. The first kappa shape index (κ1) is 24.3. The summed E-state index contributed by atoms with van der Waals surface area (Å²) in [5, 5.41) is 0. The SMILES string of the molecule is c1ccc(-c2nc(-c3ccccc3)nc(N3c4ccccc4C4(c5ccccc53)c3cc[se]c3-c3[se]ccc34)n2)cc1. The molecule has 3 aromatic heterocycles. The van der Waals surface area contributed by atoms with Gasteiger partial charge in [-0.05, 0) is 0 Å². The molecule has 198 valence electrons. The van der Waals surface area contributed by atoms with Crippen LogP contribution in [0.15, 0.2) is 131 Å². The Labute approximate surface area is 255 Å². The number of fused-ring (bicyclic) bond motifs is 9. The number of benzene rings is 4. The minimum absolute atomic E-state index is 0.324. The van der Waals surface area contributed by atoms with E-state index in [9.17, 15) is 0 Å². The third-order valence-electron chi connectivity index (χ3n) is 8.33. The van der Waals surface area contributed by atoms with Crippen molar-refractivity contribution in [3.63, 3.8) is 0 Å². The van der Waals surface area contributed by atoms with E-state index in [1.54, 1.807) is 8.87 Å². The molecule has 0 saturated heterocycles. The summed E-state index contributed by atoms with van der Waals surface area (Å²) in [6.45, 7) is 0. The second-order valence-corrected chi connectivity index (χ2v) is 14.3. The van der Waals surface area contributed by atoms with Crippen LogP contribution < -0.4 is 4.90 Å². The number of nitrogens with zero attached hydrogens (tertiary/aromatic N) is 4. The Bertz CT molecular complexity index is 1970. The summed E-state index contributed by atoms with van der Waals surface area (Å²) >= 11 is 0.745. The van der Waals surface area contributed by atoms with Crippen LogP contribution in [0.1, 0.15) is 22.3 Å². The Morgan fingerprint density at radius 2 is 0.905 bits per heavy atom. The molecule has 42 heavy (non-hydrogen) atoms. The van der Waals surface area contributed by atoms with E-state index in [2.05, 4.69) is 99.7 Å². The van der Waals surface area contributed by atoms with Crippen LogP contribution in [0.4, 0.5) is 17.3 Å². The van der Waals surface area contributed by atoms with Crippen LogP contribution in [-0.2, 0) is 5.41 Å². The van der Waals surface area contributed by atoms with Crippen molar-refractivity contribution in [3.8, 4) is 31.7 Å². The average molecular weight is 669 g/mol. The van der Waals surface area contributed by atoms with E-state index in [1.807, 2.05) is 36.4 Å². The van der Waals surface area contributed by atoms with Gasteiger partial charge in [0.1, 0.15) is 0 Å². The molecular formula is C36H22N4Se2. The van der Waals surface area contributed by atoms with Gasteiger partial charge in [0, 0.05) is 0 Å². The number of anilines is 3. The molecule has 0 saturated carbocycles. The summed E-state index contributed by atoms with van der Waals surface area (Å²) < 4.78 is 3.16. The van der Waals surface area contributed by atoms with Gasteiger partial charge in [-0.3, -0.25) is 0 Å². The Morgan fingerprint density at radius 1 is 0.452 bits per heavy atom. The Hall–Kier alpha value is -4.31. The van der Waals surface area contributed by atoms with Gasteiger partial charge >= 0.3 is 245 Å². The van der Waals surface area contributed by atoms with Gasteiger partial charge in [0.25, 0.3) is 0 Å². The molecule has 4 aromatic carbocycles. The van der Waals surface area contributed by atoms with Crippen LogP contribution in [0.3, 0.4) is 0 Å². The quantitative estimate of drug-likeness (QED) is 0.183. The third-order valence-corrected chi connectivity index (χ3v) is 12.9. The number of hydrogen-bond donors (Lipinski definition) is 0. The molecule has 4 nitrogen and oxygen atoms in total. The van der Waals surface area contributed by atoms with E-state index >= 15 is 0 Å². The fourth-order valence-electron chi connectivity index (χ4n) is 6.65. The maximum absolute atomic E-state index is 5.16. The standard InChI is InChI=1S/C36H22N4Se2/c1-3-11-23(12-4-1)33-37-34(24-13-5-2-6-14-24)39-35(38-33)40-29-17-9-7-15-25(29)36(26-16-8-10-18-30(26)40)27-19-21-41-31(27)32-28(36)20-22-42-32/h1-22H. The minimum atomic E-state index is -0.324. The molecule has 1 spiro atoms. The normalized spacial score (nSPS) is 13.9. The molecule has 0 N–H and O–H groups in total. The fraction of sp³-hybridized carbons (Fsp3) is 0.0278. The van der Waals surface area contributed by atoms with Gasteiger partial charge in [-0.2, -0.15) is 0 Å². The van der Waals surface area contributed by atoms with Gasteiger partial charge in [0.15, 0.2) is 0 Å². The summed E-state index contributed by atoms with van der Waals surface area (Å²) in [4.78, 5) is 22.3. The molecule has 1 aliphatic heterocycles. The van der Waals surface area contributed by atoms with Crippen molar-refractivity contribution in [1.82, 2.24) is 15.0 Å². The van der Waals surface area contributed by atoms with Gasteiger partial charge in [-0.15, -0.1) is 0 Å². The molecule has 1 aliphatic carbocycles. The monoisotopic (exact) mass is 670 g/mol. The molecule has 0 radical (unpaired) electrons. The summed E-state index contributed by atoms with van der Waals surface area (Å²) in [6, 6.07) is 42.9. The summed E-state index contributed by atoms with van der Waals surface area (Å²) in [5.41, 5.74) is 9.32. The van der Waals surface area contributed by atoms with Crippen molar-refractivity contribution in [3.05, 3.63) is 153 Å². The van der Waals surface area contributed by atoms with Crippen LogP contribution in [0.5, 0.6) is 0 Å². The van der Waals surface area contributed by atoms with E-state index in [-0.39, 0.29) is 5.41 Å². The number of aromatic nitrogens is 3. The van der Waals surface area contributed by atoms with Crippen molar-refractivity contribution >= 4 is 46.3 Å². The fourth-order valence-corrected chi connectivity index (χ4v) is 11.5. The first-order chi connectivity index (χ1) is 20.8. The van der Waals surface area contributed by atoms with E-state index in [1.165, 1.54) is 22.3 Å². The Balaban J connectivity index is 1.35. The second kappa shape index (κ2) is 9.35. The molecule has 0 fully saturated rings. The Morgan fingerprint density at radius 3 is 1.40 bits per heavy atom. The van der Waals surface area contributed by atoms with Crippen LogP contribution in [0.2, 0.25) is 0 Å². The van der Waals surface area contributed by atoms with Crippen LogP contribution in [0, 0.1) is 0 Å². The topological polar surface area (TPSA) is 41.9 Å². The van der Waals surface area contributed by atoms with Crippen molar-refractivity contribution in [1.29, 1.82) is 0 Å². The second-order valence-electron chi connectivity index (χ2n) is 10.5. The predicted molar refractivity (Wildman–Crippen MR) is 170 cm³/mol. The van der Waals surface area contributed by atoms with E-state index in [0.717, 1.165) is 22.5 Å². The zero-order chi connectivity index (χ0) is 27.7. The zero-order valence-electron chi connectivity index (χ0n) is 22.3. The van der Waals surface area contributed by atoms with E-state index in [0.29, 0.717) is 46.6 Å². The van der Waals surface area contributed by atoms with Crippen molar-refractivity contribution < 1.29 is 0 Å². The van der Waals surface area contributed by atoms with Gasteiger partial charge in [-0.1, -0.05) is 12.1 Å². The van der Waals surface area contributed by atoms with Crippen LogP contribution >= 0.6 is 0 Å². The van der Waals surface area contributed by atoms with Crippen LogP contribution in [0.25, 0.3) is 31.7 Å². The molecule has 0 unspecified atom stereocenters. The van der Waals surface area contributed by atoms with Crippen molar-refractivity contribution in [2.75, 3.05) is 4.90 Å². The molecule has 7 aromatic rings. The average Bonchev–Trinajstić information content (AvgIpc) is 3.79. The van der Waals surface area contributed by atoms with Gasteiger partial charge < -0.3 is 0 Å². The van der Waals surface area contributed by atoms with Gasteiger partial charge in [0.2, 0.25) is 0 Å². The molecule has 0 amide bonds. The third kappa shape index (κ3) is 3.32. The molecule has 9 rings (SSSR count). The zero-order valence-corrected chi connectivity index (χ0v) is 25.7.